The van der Waals surface area contributed by atoms with Gasteiger partial charge in [0, 0.05) is 21.8 Å². The fraction of sp³-hybridized carbons (Fsp3) is 0.250. The molecule has 0 aliphatic rings. The molecule has 0 spiro atoms. The Morgan fingerprint density at radius 3 is 2.73 bits per heavy atom. The molecule has 2 heterocycles. The van der Waals surface area contributed by atoms with Crippen LogP contribution >= 0.6 is 45.9 Å². The van der Waals surface area contributed by atoms with Crippen LogP contribution in [-0.4, -0.2) is 29.9 Å². The third-order valence-electron chi connectivity index (χ3n) is 3.85. The minimum Gasteiger partial charge on any atom is -0.492 e. The predicted molar refractivity (Wildman–Crippen MR) is 122 cm³/mol. The number of hydrogen-bond donors (Lipinski definition) is 2. The van der Waals surface area contributed by atoms with Crippen LogP contribution in [0.2, 0.25) is 10.0 Å². The molecular formula is C20H19Cl2N3O3S2. The maximum Gasteiger partial charge on any atom is 0.231 e. The third-order valence-corrected chi connectivity index (χ3v) is 6.06. The summed E-state index contributed by atoms with van der Waals surface area (Å²) in [6, 6.07) is 8.86. The van der Waals surface area contributed by atoms with Gasteiger partial charge in [-0.3, -0.25) is 9.59 Å². The summed E-state index contributed by atoms with van der Waals surface area (Å²) < 4.78 is 5.58. The average Bonchev–Trinajstić information content (AvgIpc) is 3.35. The van der Waals surface area contributed by atoms with Crippen molar-refractivity contribution in [3.63, 3.8) is 0 Å². The van der Waals surface area contributed by atoms with E-state index in [1.165, 1.54) is 22.7 Å². The summed E-state index contributed by atoms with van der Waals surface area (Å²) in [5, 5.41) is 10.8. The van der Waals surface area contributed by atoms with Gasteiger partial charge < -0.3 is 15.4 Å². The zero-order valence-corrected chi connectivity index (χ0v) is 19.0. The Labute approximate surface area is 192 Å². The monoisotopic (exact) mass is 483 g/mol. The molecule has 2 N–H and O–H groups in total. The maximum atomic E-state index is 12.1. The maximum absolute atomic E-state index is 12.1. The van der Waals surface area contributed by atoms with Crippen LogP contribution in [0.3, 0.4) is 0 Å². The van der Waals surface area contributed by atoms with Crippen molar-refractivity contribution < 1.29 is 14.3 Å². The first-order chi connectivity index (χ1) is 14.5. The summed E-state index contributed by atoms with van der Waals surface area (Å²) in [5.41, 5.74) is 0.619. The predicted octanol–water partition coefficient (Wildman–Crippen LogP) is 4.82. The number of halogens is 2. The van der Waals surface area contributed by atoms with Crippen LogP contribution in [-0.2, 0) is 22.4 Å². The van der Waals surface area contributed by atoms with Gasteiger partial charge in [-0.2, -0.15) is 0 Å². The lowest BCUT2D eigenvalue weighted by Crippen LogP contribution is -2.27. The van der Waals surface area contributed by atoms with Crippen molar-refractivity contribution in [2.24, 2.45) is 0 Å². The topological polar surface area (TPSA) is 80.3 Å². The van der Waals surface area contributed by atoms with Crippen molar-refractivity contribution in [1.82, 2.24) is 10.3 Å². The second-order valence-electron chi connectivity index (χ2n) is 6.25. The standard InChI is InChI=1S/C20H19Cl2N3O3S2/c21-13-4-5-17(16(22)9-13)28-7-2-6-23-18(26)10-14-12-30-20(24-14)25-19(27)11-15-3-1-8-29-15/h1,3-5,8-9,12H,2,6-7,10-11H2,(H,23,26)(H,24,25,27). The zero-order valence-electron chi connectivity index (χ0n) is 15.8. The molecule has 2 aromatic heterocycles. The highest BCUT2D eigenvalue weighted by Crippen LogP contribution is 2.27. The Kier molecular flexibility index (Phi) is 8.50. The molecule has 0 aliphatic carbocycles. The summed E-state index contributed by atoms with van der Waals surface area (Å²) in [7, 11) is 0. The van der Waals surface area contributed by atoms with E-state index in [-0.39, 0.29) is 18.2 Å². The van der Waals surface area contributed by atoms with Gasteiger partial charge in [-0.15, -0.1) is 22.7 Å². The van der Waals surface area contributed by atoms with Crippen molar-refractivity contribution in [3.8, 4) is 5.75 Å². The molecule has 0 unspecified atom stereocenters. The minimum atomic E-state index is -0.138. The van der Waals surface area contributed by atoms with E-state index >= 15 is 0 Å². The first-order valence-corrected chi connectivity index (χ1v) is 11.6. The van der Waals surface area contributed by atoms with Crippen LogP contribution in [0.1, 0.15) is 17.0 Å². The van der Waals surface area contributed by atoms with E-state index in [1.54, 1.807) is 23.6 Å². The molecule has 0 radical (unpaired) electrons. The summed E-state index contributed by atoms with van der Waals surface area (Å²) in [5.74, 6) is 0.299. The number of ether oxygens (including phenoxy) is 1. The van der Waals surface area contributed by atoms with E-state index in [2.05, 4.69) is 15.6 Å². The molecule has 1 aromatic carbocycles. The number of thiophene rings is 1. The second kappa shape index (κ2) is 11.3. The van der Waals surface area contributed by atoms with Gasteiger partial charge in [0.15, 0.2) is 5.13 Å². The summed E-state index contributed by atoms with van der Waals surface area (Å²) in [6.45, 7) is 0.886. The molecule has 30 heavy (non-hydrogen) atoms. The van der Waals surface area contributed by atoms with E-state index in [9.17, 15) is 9.59 Å². The van der Waals surface area contributed by atoms with Gasteiger partial charge in [-0.1, -0.05) is 29.3 Å². The highest BCUT2D eigenvalue weighted by atomic mass is 35.5. The quantitative estimate of drug-likeness (QED) is 0.405. The number of nitrogens with one attached hydrogen (secondary N) is 2. The molecule has 0 atom stereocenters. The van der Waals surface area contributed by atoms with Gasteiger partial charge in [-0.25, -0.2) is 4.98 Å². The molecule has 0 fully saturated rings. The lowest BCUT2D eigenvalue weighted by molar-refractivity contribution is -0.120. The largest absolute Gasteiger partial charge is 0.492 e. The minimum absolute atomic E-state index is 0.122. The Morgan fingerprint density at radius 2 is 1.97 bits per heavy atom. The third kappa shape index (κ3) is 7.28. The molecule has 0 saturated heterocycles. The SMILES string of the molecule is O=C(Cc1csc(NC(=O)Cc2cccs2)n1)NCCCOc1ccc(Cl)cc1Cl. The number of thiazole rings is 1. The van der Waals surface area contributed by atoms with Gasteiger partial charge in [0.1, 0.15) is 5.75 Å². The van der Waals surface area contributed by atoms with Crippen molar-refractivity contribution in [2.45, 2.75) is 19.3 Å². The number of hydrogen-bond acceptors (Lipinski definition) is 6. The van der Waals surface area contributed by atoms with E-state index in [0.717, 1.165) is 4.88 Å². The molecule has 3 aromatic rings. The van der Waals surface area contributed by atoms with Crippen LogP contribution in [0.25, 0.3) is 0 Å². The molecule has 158 valence electrons. The molecule has 6 nitrogen and oxygen atoms in total. The fourth-order valence-electron chi connectivity index (χ4n) is 2.48. The average molecular weight is 484 g/mol. The van der Waals surface area contributed by atoms with E-state index < -0.39 is 0 Å². The van der Waals surface area contributed by atoms with Crippen LogP contribution in [0.15, 0.2) is 41.1 Å². The van der Waals surface area contributed by atoms with Crippen LogP contribution in [0, 0.1) is 0 Å². The van der Waals surface area contributed by atoms with Crippen LogP contribution < -0.4 is 15.4 Å². The second-order valence-corrected chi connectivity index (χ2v) is 8.99. The Bertz CT molecular complexity index is 993. The molecule has 0 bridgehead atoms. The molecule has 2 amide bonds. The fourth-order valence-corrected chi connectivity index (χ4v) is 4.37. The van der Waals surface area contributed by atoms with E-state index in [0.29, 0.717) is 52.6 Å². The van der Waals surface area contributed by atoms with Crippen LogP contribution in [0.4, 0.5) is 5.13 Å². The summed E-state index contributed by atoms with van der Waals surface area (Å²) >= 11 is 14.7. The number of carbonyl (C=O) groups excluding carboxylic acids is 2. The Morgan fingerprint density at radius 1 is 1.10 bits per heavy atom. The molecule has 10 heteroatoms. The number of amides is 2. The van der Waals surface area contributed by atoms with Crippen LogP contribution in [0.5, 0.6) is 5.75 Å². The summed E-state index contributed by atoms with van der Waals surface area (Å²) in [4.78, 5) is 29.4. The van der Waals surface area contributed by atoms with Gasteiger partial charge in [0.25, 0.3) is 0 Å². The van der Waals surface area contributed by atoms with Gasteiger partial charge in [0.05, 0.1) is 30.2 Å². The molecule has 3 rings (SSSR count). The Balaban J connectivity index is 1.33. The highest BCUT2D eigenvalue weighted by molar-refractivity contribution is 7.14. The van der Waals surface area contributed by atoms with Crippen molar-refractivity contribution in [3.05, 3.63) is 61.7 Å². The molecular weight excluding hydrogens is 465 g/mol. The van der Waals surface area contributed by atoms with Gasteiger partial charge >= 0.3 is 0 Å². The van der Waals surface area contributed by atoms with Crippen molar-refractivity contribution in [1.29, 1.82) is 0 Å². The lowest BCUT2D eigenvalue weighted by Gasteiger charge is -2.08. The first-order valence-electron chi connectivity index (χ1n) is 9.11. The van der Waals surface area contributed by atoms with Crippen molar-refractivity contribution >= 4 is 62.8 Å². The zero-order chi connectivity index (χ0) is 21.3. The van der Waals surface area contributed by atoms with E-state index in [4.69, 9.17) is 27.9 Å². The number of aromatic nitrogens is 1. The number of nitrogens with zero attached hydrogens (tertiary/aromatic N) is 1. The van der Waals surface area contributed by atoms with Gasteiger partial charge in [-0.05, 0) is 36.1 Å². The first kappa shape index (κ1) is 22.6. The number of carbonyl (C=O) groups is 2. The summed E-state index contributed by atoms with van der Waals surface area (Å²) in [6.07, 6.45) is 1.10. The smallest absolute Gasteiger partial charge is 0.231 e. The normalized spacial score (nSPS) is 10.6. The number of anilines is 1. The number of rotatable bonds is 10. The molecule has 0 aliphatic heterocycles. The Hall–Kier alpha value is -2.13. The lowest BCUT2D eigenvalue weighted by atomic mass is 10.3. The number of benzene rings is 1. The van der Waals surface area contributed by atoms with Gasteiger partial charge in [0.2, 0.25) is 11.8 Å². The van der Waals surface area contributed by atoms with Crippen molar-refractivity contribution in [2.75, 3.05) is 18.5 Å². The molecule has 0 saturated carbocycles. The highest BCUT2D eigenvalue weighted by Gasteiger charge is 2.11. The van der Waals surface area contributed by atoms with E-state index in [1.807, 2.05) is 17.5 Å².